The Morgan fingerprint density at radius 3 is 1.69 bits per heavy atom. The molecule has 13 heavy (non-hydrogen) atoms. The third-order valence-corrected chi connectivity index (χ3v) is 1.84. The fourth-order valence-corrected chi connectivity index (χ4v) is 1.35. The van der Waals surface area contributed by atoms with Gasteiger partial charge in [0.25, 0.3) is 0 Å². The van der Waals surface area contributed by atoms with Crippen LogP contribution in [0.5, 0.6) is 0 Å². The van der Waals surface area contributed by atoms with E-state index >= 15 is 0 Å². The topological polar surface area (TPSA) is 0 Å². The first-order valence-electron chi connectivity index (χ1n) is 3.74. The van der Waals surface area contributed by atoms with E-state index in [0.717, 1.165) is 0 Å². The van der Waals surface area contributed by atoms with E-state index in [1.54, 1.807) is 0 Å². The van der Waals surface area contributed by atoms with Gasteiger partial charge in [0.2, 0.25) is 0 Å². The van der Waals surface area contributed by atoms with Gasteiger partial charge >= 0.3 is 26.2 Å². The van der Waals surface area contributed by atoms with Crippen molar-refractivity contribution in [1.82, 2.24) is 0 Å². The van der Waals surface area contributed by atoms with Gasteiger partial charge in [0.1, 0.15) is 0 Å². The SMILES string of the molecule is Cc1c[cH-]cc1C(C)(C)C.[Cl-].[Cl-].[Zr+3]. The van der Waals surface area contributed by atoms with E-state index in [9.17, 15) is 0 Å². The van der Waals surface area contributed by atoms with Gasteiger partial charge < -0.3 is 24.8 Å². The zero-order chi connectivity index (χ0) is 7.78. The predicted octanol–water partition coefficient (Wildman–Crippen LogP) is -2.98. The summed E-state index contributed by atoms with van der Waals surface area (Å²) in [7, 11) is 0. The number of halogens is 2. The molecule has 1 aromatic carbocycles. The van der Waals surface area contributed by atoms with Gasteiger partial charge in [0.05, 0.1) is 0 Å². The molecule has 1 radical (unpaired) electrons. The van der Waals surface area contributed by atoms with E-state index < -0.39 is 0 Å². The van der Waals surface area contributed by atoms with Crippen molar-refractivity contribution in [2.75, 3.05) is 0 Å². The summed E-state index contributed by atoms with van der Waals surface area (Å²) in [6.07, 6.45) is 0. The Morgan fingerprint density at radius 2 is 1.54 bits per heavy atom. The molecule has 1 rings (SSSR count). The number of hydrogen-bond acceptors (Lipinski definition) is 0. The summed E-state index contributed by atoms with van der Waals surface area (Å²) in [6, 6.07) is 6.49. The van der Waals surface area contributed by atoms with Crippen LogP contribution >= 0.6 is 0 Å². The molecule has 0 aliphatic heterocycles. The second kappa shape index (κ2) is 7.15. The van der Waals surface area contributed by atoms with Gasteiger partial charge in [0, 0.05) is 0 Å². The van der Waals surface area contributed by atoms with Crippen LogP contribution in [0.15, 0.2) is 18.2 Å². The average molecular weight is 297 g/mol. The van der Waals surface area contributed by atoms with Crippen LogP contribution in [-0.4, -0.2) is 0 Å². The fourth-order valence-electron chi connectivity index (χ4n) is 1.35. The summed E-state index contributed by atoms with van der Waals surface area (Å²) >= 11 is 0. The number of rotatable bonds is 0. The Balaban J connectivity index is -0.000000333. The fraction of sp³-hybridized carbons (Fsp3) is 0.500. The van der Waals surface area contributed by atoms with Crippen molar-refractivity contribution < 1.29 is 51.0 Å². The molecule has 0 heterocycles. The maximum Gasteiger partial charge on any atom is 3.00 e. The van der Waals surface area contributed by atoms with Gasteiger partial charge in [-0.15, -0.1) is 0 Å². The van der Waals surface area contributed by atoms with Crippen molar-refractivity contribution in [3.05, 3.63) is 29.3 Å². The maximum atomic E-state index is 2.25. The molecule has 0 bridgehead atoms. The van der Waals surface area contributed by atoms with Crippen molar-refractivity contribution in [3.63, 3.8) is 0 Å². The van der Waals surface area contributed by atoms with Crippen LogP contribution in [0.3, 0.4) is 0 Å². The van der Waals surface area contributed by atoms with Crippen molar-refractivity contribution >= 4 is 0 Å². The molecule has 0 aromatic heterocycles. The molecular formula is C10H15Cl2Zr. The summed E-state index contributed by atoms with van der Waals surface area (Å²) < 4.78 is 0. The summed E-state index contributed by atoms with van der Waals surface area (Å²) in [4.78, 5) is 0. The van der Waals surface area contributed by atoms with Crippen molar-refractivity contribution in [1.29, 1.82) is 0 Å². The molecule has 0 fully saturated rings. The van der Waals surface area contributed by atoms with Crippen molar-refractivity contribution in [2.24, 2.45) is 0 Å². The van der Waals surface area contributed by atoms with E-state index in [1.165, 1.54) is 11.1 Å². The van der Waals surface area contributed by atoms with E-state index in [2.05, 4.69) is 45.9 Å². The van der Waals surface area contributed by atoms with Gasteiger partial charge in [0.15, 0.2) is 0 Å². The Morgan fingerprint density at radius 1 is 1.08 bits per heavy atom. The molecule has 1 aromatic rings. The van der Waals surface area contributed by atoms with E-state index in [4.69, 9.17) is 0 Å². The molecule has 0 saturated carbocycles. The molecule has 0 aliphatic rings. The van der Waals surface area contributed by atoms with Crippen molar-refractivity contribution in [2.45, 2.75) is 33.1 Å². The monoisotopic (exact) mass is 295 g/mol. The Labute approximate surface area is 113 Å². The number of aryl methyl sites for hydroxylation is 1. The van der Waals surface area contributed by atoms with E-state index in [0.29, 0.717) is 5.41 Å². The van der Waals surface area contributed by atoms with Gasteiger partial charge in [-0.05, 0) is 0 Å². The molecule has 0 aliphatic carbocycles. The minimum Gasteiger partial charge on any atom is -1.00 e. The minimum absolute atomic E-state index is 0. The van der Waals surface area contributed by atoms with Gasteiger partial charge in [-0.2, -0.15) is 29.3 Å². The predicted molar refractivity (Wildman–Crippen MR) is 45.5 cm³/mol. The van der Waals surface area contributed by atoms with Crippen LogP contribution in [-0.2, 0) is 31.6 Å². The molecule has 0 unspecified atom stereocenters. The zero-order valence-electron chi connectivity index (χ0n) is 8.49. The molecule has 73 valence electrons. The minimum atomic E-state index is 0. The molecule has 3 heteroatoms. The van der Waals surface area contributed by atoms with Crippen LogP contribution in [0, 0.1) is 6.92 Å². The Kier molecular flexibility index (Phi) is 10.7. The quantitative estimate of drug-likeness (QED) is 0.448. The normalized spacial score (nSPS) is 9.23. The van der Waals surface area contributed by atoms with Crippen LogP contribution < -0.4 is 24.8 Å². The Hall–Kier alpha value is 0.813. The molecule has 0 amide bonds. The largest absolute Gasteiger partial charge is 3.00 e. The summed E-state index contributed by atoms with van der Waals surface area (Å²) in [5.41, 5.74) is 3.19. The number of hydrogen-bond donors (Lipinski definition) is 0. The van der Waals surface area contributed by atoms with Crippen LogP contribution in [0.2, 0.25) is 0 Å². The standard InChI is InChI=1S/C10H15.2ClH.Zr/c1-8-6-5-7-9(8)10(2,3)4;;;/h5-7H,1-4H3;2*1H;/q-1;;;+3/p-2. The molecule has 0 saturated heterocycles. The van der Waals surface area contributed by atoms with E-state index in [-0.39, 0.29) is 51.0 Å². The first kappa shape index (κ1) is 19.4. The molecular weight excluding hydrogens is 282 g/mol. The second-order valence-electron chi connectivity index (χ2n) is 3.87. The average Bonchev–Trinajstić information content (AvgIpc) is 2.11. The summed E-state index contributed by atoms with van der Waals surface area (Å²) in [6.45, 7) is 8.90. The summed E-state index contributed by atoms with van der Waals surface area (Å²) in [5, 5.41) is 0. The molecule has 0 atom stereocenters. The summed E-state index contributed by atoms with van der Waals surface area (Å²) in [5.74, 6) is 0. The third kappa shape index (κ3) is 5.30. The molecule has 0 N–H and O–H groups in total. The first-order valence-corrected chi connectivity index (χ1v) is 3.74. The van der Waals surface area contributed by atoms with E-state index in [1.807, 2.05) is 0 Å². The van der Waals surface area contributed by atoms with Gasteiger partial charge in [-0.25, -0.2) is 0 Å². The molecule has 0 spiro atoms. The smallest absolute Gasteiger partial charge is 1.00 e. The van der Waals surface area contributed by atoms with Crippen LogP contribution in [0.25, 0.3) is 0 Å². The zero-order valence-corrected chi connectivity index (χ0v) is 12.5. The van der Waals surface area contributed by atoms with Gasteiger partial charge in [-0.1, -0.05) is 33.1 Å². The second-order valence-corrected chi connectivity index (χ2v) is 3.87. The third-order valence-electron chi connectivity index (χ3n) is 1.84. The maximum absolute atomic E-state index is 2.25. The molecule has 0 nitrogen and oxygen atoms in total. The Bertz CT molecular complexity index is 223. The van der Waals surface area contributed by atoms with Crippen LogP contribution in [0.1, 0.15) is 31.9 Å². The van der Waals surface area contributed by atoms with Crippen LogP contribution in [0.4, 0.5) is 0 Å². The van der Waals surface area contributed by atoms with Gasteiger partial charge in [-0.3, -0.25) is 0 Å². The van der Waals surface area contributed by atoms with Crippen molar-refractivity contribution in [3.8, 4) is 0 Å². The first-order chi connectivity index (χ1) is 4.52.